The second-order valence-corrected chi connectivity index (χ2v) is 4.51. The fourth-order valence-electron chi connectivity index (χ4n) is 1.68. The molecule has 0 aromatic carbocycles. The summed E-state index contributed by atoms with van der Waals surface area (Å²) >= 11 is 3.46. The maximum atomic E-state index is 4.51. The molecular formula is C11H10BrN5. The van der Waals surface area contributed by atoms with E-state index in [0.29, 0.717) is 0 Å². The molecule has 0 radical (unpaired) electrons. The molecule has 0 aliphatic rings. The first-order valence-electron chi connectivity index (χ1n) is 5.31. The highest BCUT2D eigenvalue weighted by Gasteiger charge is 2.09. The Morgan fingerprint density at radius 2 is 2.35 bits per heavy atom. The summed E-state index contributed by atoms with van der Waals surface area (Å²) in [6.07, 6.45) is 5.50. The third kappa shape index (κ3) is 1.74. The van der Waals surface area contributed by atoms with Crippen molar-refractivity contribution in [2.24, 2.45) is 0 Å². The van der Waals surface area contributed by atoms with Gasteiger partial charge in [-0.3, -0.25) is 4.68 Å². The Morgan fingerprint density at radius 3 is 3.06 bits per heavy atom. The summed E-state index contributed by atoms with van der Waals surface area (Å²) < 4.78 is 2.80. The van der Waals surface area contributed by atoms with Gasteiger partial charge in [0, 0.05) is 23.4 Å². The Bertz CT molecular complexity index is 669. The van der Waals surface area contributed by atoms with Gasteiger partial charge in [-0.25, -0.2) is 9.97 Å². The van der Waals surface area contributed by atoms with Crippen LogP contribution in [0.2, 0.25) is 0 Å². The van der Waals surface area contributed by atoms with E-state index in [-0.39, 0.29) is 0 Å². The number of aromatic nitrogens is 5. The molecule has 3 aromatic heterocycles. The highest BCUT2D eigenvalue weighted by atomic mass is 79.9. The summed E-state index contributed by atoms with van der Waals surface area (Å²) in [6.45, 7) is 2.90. The first-order valence-corrected chi connectivity index (χ1v) is 6.10. The number of nitrogens with one attached hydrogen (secondary N) is 1. The van der Waals surface area contributed by atoms with Crippen molar-refractivity contribution in [1.29, 1.82) is 0 Å². The number of pyridine rings is 1. The lowest BCUT2D eigenvalue weighted by Gasteiger charge is -1.90. The molecule has 1 N–H and O–H groups in total. The van der Waals surface area contributed by atoms with Crippen molar-refractivity contribution in [1.82, 2.24) is 24.7 Å². The minimum absolute atomic E-state index is 0.777. The van der Waals surface area contributed by atoms with Crippen LogP contribution >= 0.6 is 15.9 Å². The molecule has 0 atom stereocenters. The molecule has 3 aromatic rings. The number of fused-ring (bicyclic) bond motifs is 1. The molecule has 86 valence electrons. The fourth-order valence-corrected chi connectivity index (χ4v) is 2.07. The van der Waals surface area contributed by atoms with Gasteiger partial charge in [-0.05, 0) is 28.9 Å². The van der Waals surface area contributed by atoms with Gasteiger partial charge in [0.15, 0.2) is 5.65 Å². The molecule has 0 unspecified atom stereocenters. The van der Waals surface area contributed by atoms with E-state index in [2.05, 4.69) is 36.0 Å². The molecule has 0 amide bonds. The molecule has 0 aliphatic heterocycles. The topological polar surface area (TPSA) is 59.4 Å². The van der Waals surface area contributed by atoms with Gasteiger partial charge >= 0.3 is 0 Å². The molecule has 5 nitrogen and oxygen atoms in total. The maximum Gasteiger partial charge on any atom is 0.158 e. The first kappa shape index (κ1) is 10.5. The van der Waals surface area contributed by atoms with Crippen molar-refractivity contribution in [2.45, 2.75) is 13.5 Å². The zero-order chi connectivity index (χ0) is 11.8. The largest absolute Gasteiger partial charge is 0.322 e. The standard InChI is InChI=1S/C11H10BrN5/c1-2-17-6-7(5-14-17)10-15-9-8(12)3-4-13-11(9)16-10/h3-6H,2H2,1H3,(H,13,15,16). The predicted octanol–water partition coefficient (Wildman–Crippen LogP) is 2.60. The molecule has 0 fully saturated rings. The molecule has 0 aliphatic carbocycles. The summed E-state index contributed by atoms with van der Waals surface area (Å²) in [4.78, 5) is 11.9. The molecule has 0 spiro atoms. The second-order valence-electron chi connectivity index (χ2n) is 3.66. The minimum atomic E-state index is 0.777. The van der Waals surface area contributed by atoms with Crippen LogP contribution in [0.15, 0.2) is 29.1 Å². The summed E-state index contributed by atoms with van der Waals surface area (Å²) in [7, 11) is 0. The van der Waals surface area contributed by atoms with Crippen LogP contribution in [0.4, 0.5) is 0 Å². The SMILES string of the molecule is CCn1cc(-c2nc3c(Br)ccnc3[nH]2)cn1. The zero-order valence-electron chi connectivity index (χ0n) is 9.18. The number of imidazole rings is 1. The van der Waals surface area contributed by atoms with E-state index in [1.807, 2.05) is 23.9 Å². The lowest BCUT2D eigenvalue weighted by molar-refractivity contribution is 0.660. The van der Waals surface area contributed by atoms with Crippen LogP contribution in [-0.2, 0) is 6.54 Å². The van der Waals surface area contributed by atoms with Gasteiger partial charge in [-0.15, -0.1) is 0 Å². The molecule has 0 bridgehead atoms. The van der Waals surface area contributed by atoms with Crippen molar-refractivity contribution in [3.8, 4) is 11.4 Å². The van der Waals surface area contributed by atoms with E-state index in [0.717, 1.165) is 33.6 Å². The van der Waals surface area contributed by atoms with E-state index < -0.39 is 0 Å². The Morgan fingerprint density at radius 1 is 1.47 bits per heavy atom. The van der Waals surface area contributed by atoms with Gasteiger partial charge in [0.25, 0.3) is 0 Å². The van der Waals surface area contributed by atoms with Crippen molar-refractivity contribution in [2.75, 3.05) is 0 Å². The number of rotatable bonds is 2. The Kier molecular flexibility index (Phi) is 2.44. The van der Waals surface area contributed by atoms with Gasteiger partial charge in [-0.1, -0.05) is 0 Å². The predicted molar refractivity (Wildman–Crippen MR) is 68.5 cm³/mol. The highest BCUT2D eigenvalue weighted by Crippen LogP contribution is 2.23. The van der Waals surface area contributed by atoms with Crippen molar-refractivity contribution >= 4 is 27.1 Å². The third-order valence-corrected chi connectivity index (χ3v) is 3.21. The van der Waals surface area contributed by atoms with Gasteiger partial charge < -0.3 is 4.98 Å². The fraction of sp³-hybridized carbons (Fsp3) is 0.182. The van der Waals surface area contributed by atoms with Crippen molar-refractivity contribution in [3.05, 3.63) is 29.1 Å². The molecule has 3 rings (SSSR count). The molecule has 0 saturated heterocycles. The Hall–Kier alpha value is -1.69. The summed E-state index contributed by atoms with van der Waals surface area (Å²) in [5, 5.41) is 4.23. The van der Waals surface area contributed by atoms with Crippen LogP contribution in [0.25, 0.3) is 22.6 Å². The molecule has 3 heterocycles. The average Bonchev–Trinajstić information content (AvgIpc) is 2.95. The normalized spacial score (nSPS) is 11.2. The number of nitrogens with zero attached hydrogens (tertiary/aromatic N) is 4. The maximum absolute atomic E-state index is 4.51. The van der Waals surface area contributed by atoms with E-state index in [9.17, 15) is 0 Å². The lowest BCUT2D eigenvalue weighted by Crippen LogP contribution is -1.92. The number of H-pyrrole nitrogens is 1. The molecule has 17 heavy (non-hydrogen) atoms. The lowest BCUT2D eigenvalue weighted by atomic mass is 10.3. The number of hydrogen-bond acceptors (Lipinski definition) is 3. The third-order valence-electron chi connectivity index (χ3n) is 2.57. The van der Waals surface area contributed by atoms with Crippen LogP contribution < -0.4 is 0 Å². The first-order chi connectivity index (χ1) is 8.28. The minimum Gasteiger partial charge on any atom is -0.322 e. The van der Waals surface area contributed by atoms with E-state index in [4.69, 9.17) is 0 Å². The number of hydrogen-bond donors (Lipinski definition) is 1. The number of aromatic amines is 1. The van der Waals surface area contributed by atoms with Gasteiger partial charge in [0.1, 0.15) is 11.3 Å². The molecule has 0 saturated carbocycles. The highest BCUT2D eigenvalue weighted by molar-refractivity contribution is 9.10. The van der Waals surface area contributed by atoms with Crippen LogP contribution in [0, 0.1) is 0 Å². The van der Waals surface area contributed by atoms with Crippen molar-refractivity contribution in [3.63, 3.8) is 0 Å². The Balaban J connectivity index is 2.14. The van der Waals surface area contributed by atoms with Gasteiger partial charge in [-0.2, -0.15) is 5.10 Å². The second kappa shape index (κ2) is 3.96. The summed E-state index contributed by atoms with van der Waals surface area (Å²) in [6, 6.07) is 1.88. The Labute approximate surface area is 106 Å². The summed E-state index contributed by atoms with van der Waals surface area (Å²) in [5.74, 6) is 0.791. The average molecular weight is 292 g/mol. The van der Waals surface area contributed by atoms with E-state index >= 15 is 0 Å². The van der Waals surface area contributed by atoms with Crippen LogP contribution in [0.3, 0.4) is 0 Å². The van der Waals surface area contributed by atoms with E-state index in [1.165, 1.54) is 0 Å². The molecule has 6 heteroatoms. The number of halogens is 1. The quantitative estimate of drug-likeness (QED) is 0.789. The van der Waals surface area contributed by atoms with Crippen molar-refractivity contribution < 1.29 is 0 Å². The van der Waals surface area contributed by atoms with Crippen LogP contribution in [0.5, 0.6) is 0 Å². The number of aryl methyl sites for hydroxylation is 1. The van der Waals surface area contributed by atoms with Gasteiger partial charge in [0.2, 0.25) is 0 Å². The smallest absolute Gasteiger partial charge is 0.158 e. The zero-order valence-corrected chi connectivity index (χ0v) is 10.8. The van der Waals surface area contributed by atoms with Crippen LogP contribution in [-0.4, -0.2) is 24.7 Å². The summed E-state index contributed by atoms with van der Waals surface area (Å²) in [5.41, 5.74) is 2.59. The van der Waals surface area contributed by atoms with Gasteiger partial charge in [0.05, 0.1) is 11.8 Å². The van der Waals surface area contributed by atoms with Crippen LogP contribution in [0.1, 0.15) is 6.92 Å². The van der Waals surface area contributed by atoms with E-state index in [1.54, 1.807) is 12.4 Å². The molecular weight excluding hydrogens is 282 g/mol. The monoisotopic (exact) mass is 291 g/mol.